The first-order chi connectivity index (χ1) is 13.7. The molecule has 0 aliphatic carbocycles. The SMILES string of the molecule is CCC[C@@H](NS(=O)(=O)c1ccc(F)cc1Cl)[C@H]1CN(C(=O)c2cn[nH]n2)C[C@H]1C. The molecule has 2 heterocycles. The van der Waals surface area contributed by atoms with Crippen molar-refractivity contribution in [2.45, 2.75) is 37.6 Å². The molecule has 3 atom stereocenters. The molecule has 1 fully saturated rings. The summed E-state index contributed by atoms with van der Waals surface area (Å²) in [5.74, 6) is -0.855. The van der Waals surface area contributed by atoms with Gasteiger partial charge in [0.2, 0.25) is 10.0 Å². The highest BCUT2D eigenvalue weighted by molar-refractivity contribution is 7.89. The van der Waals surface area contributed by atoms with Gasteiger partial charge in [0.25, 0.3) is 5.91 Å². The summed E-state index contributed by atoms with van der Waals surface area (Å²) < 4.78 is 41.8. The molecule has 2 N–H and O–H groups in total. The van der Waals surface area contributed by atoms with Gasteiger partial charge in [-0.1, -0.05) is 31.9 Å². The number of carbonyl (C=O) groups excluding carboxylic acids is 1. The predicted molar refractivity (Wildman–Crippen MR) is 105 cm³/mol. The third-order valence-corrected chi connectivity index (χ3v) is 7.17. The van der Waals surface area contributed by atoms with Crippen LogP contribution in [-0.4, -0.2) is 53.8 Å². The number of amides is 1. The number of H-pyrrole nitrogens is 1. The minimum Gasteiger partial charge on any atom is -0.337 e. The number of nitrogens with zero attached hydrogens (tertiary/aromatic N) is 3. The number of halogens is 2. The number of hydrogen-bond acceptors (Lipinski definition) is 5. The van der Waals surface area contributed by atoms with E-state index in [1.807, 2.05) is 13.8 Å². The Morgan fingerprint density at radius 3 is 2.83 bits per heavy atom. The Kier molecular flexibility index (Phi) is 6.55. The molecule has 1 aromatic heterocycles. The molecule has 1 saturated heterocycles. The molecule has 11 heteroatoms. The van der Waals surface area contributed by atoms with Gasteiger partial charge in [-0.25, -0.2) is 17.5 Å². The van der Waals surface area contributed by atoms with E-state index < -0.39 is 21.9 Å². The molecule has 29 heavy (non-hydrogen) atoms. The van der Waals surface area contributed by atoms with Crippen LogP contribution in [0.15, 0.2) is 29.3 Å². The zero-order valence-corrected chi connectivity index (χ0v) is 17.7. The smallest absolute Gasteiger partial charge is 0.276 e. The predicted octanol–water partition coefficient (Wildman–Crippen LogP) is 2.45. The molecule has 0 saturated carbocycles. The Labute approximate surface area is 173 Å². The topological polar surface area (TPSA) is 108 Å². The van der Waals surface area contributed by atoms with Crippen molar-refractivity contribution in [3.8, 4) is 0 Å². The standard InChI is InChI=1S/C18H23ClFN5O3S/c1-3-4-15(23-29(27,28)17-6-5-12(20)7-14(17)19)13-10-25(9-11(13)2)18(26)16-8-21-24-22-16/h5-8,11,13,15,23H,3-4,9-10H2,1-2H3,(H,21,22,24)/t11-,13+,15-/m1/s1. The highest BCUT2D eigenvalue weighted by Crippen LogP contribution is 2.31. The van der Waals surface area contributed by atoms with E-state index in [1.54, 1.807) is 4.90 Å². The van der Waals surface area contributed by atoms with Gasteiger partial charge in [0.15, 0.2) is 5.69 Å². The maximum absolute atomic E-state index is 13.3. The summed E-state index contributed by atoms with van der Waals surface area (Å²) in [6, 6.07) is 2.80. The van der Waals surface area contributed by atoms with Crippen molar-refractivity contribution in [3.63, 3.8) is 0 Å². The van der Waals surface area contributed by atoms with Crippen LogP contribution in [0.2, 0.25) is 5.02 Å². The number of likely N-dealkylation sites (tertiary alicyclic amines) is 1. The van der Waals surface area contributed by atoms with Crippen molar-refractivity contribution in [3.05, 3.63) is 40.9 Å². The number of nitrogens with one attached hydrogen (secondary N) is 2. The van der Waals surface area contributed by atoms with Gasteiger partial charge in [-0.15, -0.1) is 0 Å². The van der Waals surface area contributed by atoms with Gasteiger partial charge in [0.1, 0.15) is 10.7 Å². The van der Waals surface area contributed by atoms with Crippen LogP contribution < -0.4 is 4.72 Å². The largest absolute Gasteiger partial charge is 0.337 e. The molecule has 1 aliphatic rings. The first-order valence-electron chi connectivity index (χ1n) is 9.35. The van der Waals surface area contributed by atoms with Gasteiger partial charge in [-0.05, 0) is 36.5 Å². The van der Waals surface area contributed by atoms with E-state index in [0.717, 1.165) is 24.6 Å². The van der Waals surface area contributed by atoms with Crippen LogP contribution in [0.4, 0.5) is 4.39 Å². The fourth-order valence-corrected chi connectivity index (χ4v) is 5.63. The van der Waals surface area contributed by atoms with Gasteiger partial charge in [-0.2, -0.15) is 15.4 Å². The number of aromatic amines is 1. The second kappa shape index (κ2) is 8.76. The second-order valence-corrected chi connectivity index (χ2v) is 9.39. The average molecular weight is 444 g/mol. The summed E-state index contributed by atoms with van der Waals surface area (Å²) in [7, 11) is -3.95. The molecular formula is C18H23ClFN5O3S. The molecule has 3 rings (SSSR count). The zero-order valence-electron chi connectivity index (χ0n) is 16.1. The number of benzene rings is 1. The molecule has 1 aromatic carbocycles. The third kappa shape index (κ3) is 4.76. The maximum atomic E-state index is 13.3. The van der Waals surface area contributed by atoms with Gasteiger partial charge in [-0.3, -0.25) is 4.79 Å². The second-order valence-electron chi connectivity index (χ2n) is 7.30. The highest BCUT2D eigenvalue weighted by Gasteiger charge is 2.39. The summed E-state index contributed by atoms with van der Waals surface area (Å²) in [5.41, 5.74) is 0.226. The summed E-state index contributed by atoms with van der Waals surface area (Å²) >= 11 is 5.96. The highest BCUT2D eigenvalue weighted by atomic mass is 35.5. The monoisotopic (exact) mass is 443 g/mol. The van der Waals surface area contributed by atoms with Crippen molar-refractivity contribution in [2.24, 2.45) is 11.8 Å². The molecule has 2 aromatic rings. The van der Waals surface area contributed by atoms with Crippen LogP contribution in [0.1, 0.15) is 37.2 Å². The van der Waals surface area contributed by atoms with Crippen LogP contribution >= 0.6 is 11.6 Å². The Morgan fingerprint density at radius 2 is 2.21 bits per heavy atom. The van der Waals surface area contributed by atoms with E-state index in [2.05, 4.69) is 20.1 Å². The van der Waals surface area contributed by atoms with Crippen molar-refractivity contribution in [2.75, 3.05) is 13.1 Å². The lowest BCUT2D eigenvalue weighted by atomic mass is 9.88. The molecule has 0 radical (unpaired) electrons. The van der Waals surface area contributed by atoms with Gasteiger partial charge in [0, 0.05) is 19.1 Å². The first kappa shape index (κ1) is 21.7. The van der Waals surface area contributed by atoms with Crippen molar-refractivity contribution in [1.82, 2.24) is 25.0 Å². The molecule has 8 nitrogen and oxygen atoms in total. The number of carbonyl (C=O) groups is 1. The summed E-state index contributed by atoms with van der Waals surface area (Å²) in [6.07, 6.45) is 2.72. The lowest BCUT2D eigenvalue weighted by Crippen LogP contribution is -2.43. The minimum absolute atomic E-state index is 0.0776. The van der Waals surface area contributed by atoms with Gasteiger partial charge in [0.05, 0.1) is 11.2 Å². The fourth-order valence-electron chi connectivity index (χ4n) is 3.78. The van der Waals surface area contributed by atoms with E-state index in [0.29, 0.717) is 19.5 Å². The van der Waals surface area contributed by atoms with Gasteiger partial charge >= 0.3 is 0 Å². The average Bonchev–Trinajstić information content (AvgIpc) is 3.30. The quantitative estimate of drug-likeness (QED) is 0.683. The van der Waals surface area contributed by atoms with E-state index in [9.17, 15) is 17.6 Å². The summed E-state index contributed by atoms with van der Waals surface area (Å²) in [5, 5.41) is 9.73. The lowest BCUT2D eigenvalue weighted by molar-refractivity contribution is 0.0777. The van der Waals surface area contributed by atoms with Crippen LogP contribution in [0.5, 0.6) is 0 Å². The van der Waals surface area contributed by atoms with E-state index in [1.165, 1.54) is 6.20 Å². The van der Waals surface area contributed by atoms with E-state index in [-0.39, 0.29) is 33.4 Å². The van der Waals surface area contributed by atoms with Crippen molar-refractivity contribution in [1.29, 1.82) is 0 Å². The first-order valence-corrected chi connectivity index (χ1v) is 11.2. The maximum Gasteiger partial charge on any atom is 0.276 e. The number of aromatic nitrogens is 3. The molecular weight excluding hydrogens is 421 g/mol. The van der Waals surface area contributed by atoms with Crippen LogP contribution in [0.25, 0.3) is 0 Å². The van der Waals surface area contributed by atoms with Crippen LogP contribution in [0, 0.1) is 17.7 Å². The minimum atomic E-state index is -3.95. The molecule has 1 amide bonds. The number of sulfonamides is 1. The molecule has 0 unspecified atom stereocenters. The van der Waals surface area contributed by atoms with Gasteiger partial charge < -0.3 is 4.90 Å². The Hall–Kier alpha value is -2.04. The van der Waals surface area contributed by atoms with E-state index in [4.69, 9.17) is 11.6 Å². The van der Waals surface area contributed by atoms with Crippen LogP contribution in [-0.2, 0) is 10.0 Å². The molecule has 1 aliphatic heterocycles. The fraction of sp³-hybridized carbons (Fsp3) is 0.500. The molecule has 158 valence electrons. The Bertz CT molecular complexity index is 970. The number of hydrogen-bond donors (Lipinski definition) is 2. The molecule has 0 spiro atoms. The van der Waals surface area contributed by atoms with Crippen molar-refractivity contribution >= 4 is 27.5 Å². The lowest BCUT2D eigenvalue weighted by Gasteiger charge is -2.27. The zero-order chi connectivity index (χ0) is 21.2. The molecule has 0 bridgehead atoms. The third-order valence-electron chi connectivity index (χ3n) is 5.20. The Morgan fingerprint density at radius 1 is 1.45 bits per heavy atom. The van der Waals surface area contributed by atoms with Crippen LogP contribution in [0.3, 0.4) is 0 Å². The summed E-state index contributed by atoms with van der Waals surface area (Å²) in [4.78, 5) is 14.1. The Balaban J connectivity index is 1.79. The van der Waals surface area contributed by atoms with E-state index >= 15 is 0 Å². The normalized spacial score (nSPS) is 20.8. The summed E-state index contributed by atoms with van der Waals surface area (Å²) in [6.45, 7) is 4.85. The van der Waals surface area contributed by atoms with Crippen molar-refractivity contribution < 1.29 is 17.6 Å². The number of rotatable bonds is 7.